The zero-order valence-corrected chi connectivity index (χ0v) is 18.0. The van der Waals surface area contributed by atoms with E-state index in [4.69, 9.17) is 11.6 Å². The summed E-state index contributed by atoms with van der Waals surface area (Å²) in [5, 5.41) is 3.39. The summed E-state index contributed by atoms with van der Waals surface area (Å²) < 4.78 is 0. The molecule has 1 saturated heterocycles. The lowest BCUT2D eigenvalue weighted by Gasteiger charge is -2.26. The first-order valence-corrected chi connectivity index (χ1v) is 11.2. The first-order chi connectivity index (χ1) is 14.6. The van der Waals surface area contributed by atoms with Crippen LogP contribution in [-0.4, -0.2) is 17.6 Å². The number of amides is 2. The summed E-state index contributed by atoms with van der Waals surface area (Å²) in [6.45, 7) is 2.09. The van der Waals surface area contributed by atoms with Gasteiger partial charge in [0.25, 0.3) is 5.91 Å². The minimum Gasteiger partial charge on any atom is -0.322 e. The predicted octanol–water partition coefficient (Wildman–Crippen LogP) is 5.93. The van der Waals surface area contributed by atoms with Gasteiger partial charge in [0, 0.05) is 22.0 Å². The number of rotatable bonds is 5. The summed E-state index contributed by atoms with van der Waals surface area (Å²) in [5.74, 6) is 0.332. The maximum Gasteiger partial charge on any atom is 0.255 e. The Morgan fingerprint density at radius 3 is 2.63 bits per heavy atom. The number of carbonyl (C=O) groups is 2. The monoisotopic (exact) mass is 436 g/mol. The van der Waals surface area contributed by atoms with Gasteiger partial charge < -0.3 is 5.32 Å². The zero-order chi connectivity index (χ0) is 21.1. The molecule has 1 N–H and O–H groups in total. The van der Waals surface area contributed by atoms with Crippen molar-refractivity contribution in [1.29, 1.82) is 0 Å². The van der Waals surface area contributed by atoms with Crippen LogP contribution in [-0.2, 0) is 11.2 Å². The first kappa shape index (κ1) is 20.5. The van der Waals surface area contributed by atoms with Crippen molar-refractivity contribution in [2.24, 2.45) is 0 Å². The molecule has 0 saturated carbocycles. The Morgan fingerprint density at radius 1 is 1.10 bits per heavy atom. The van der Waals surface area contributed by atoms with Crippen molar-refractivity contribution in [3.8, 4) is 0 Å². The van der Waals surface area contributed by atoms with E-state index in [1.54, 1.807) is 36.0 Å². The van der Waals surface area contributed by atoms with Gasteiger partial charge in [-0.25, -0.2) is 0 Å². The third-order valence-electron chi connectivity index (χ3n) is 5.04. The number of halogens is 1. The van der Waals surface area contributed by atoms with Crippen LogP contribution < -0.4 is 10.2 Å². The molecule has 152 valence electrons. The number of nitrogens with one attached hydrogen (secondary N) is 1. The van der Waals surface area contributed by atoms with Crippen LogP contribution in [0.4, 0.5) is 11.4 Å². The average molecular weight is 437 g/mol. The van der Waals surface area contributed by atoms with Gasteiger partial charge in [0.1, 0.15) is 5.37 Å². The molecule has 0 radical (unpaired) electrons. The number of para-hydroxylation sites is 1. The fourth-order valence-electron chi connectivity index (χ4n) is 3.55. The standard InChI is InChI=1S/C24H21ClN2O2S/c1-2-16-6-3-4-9-21(16)27-22(28)15-30-24(27)18-7-5-8-20(14-18)26-23(29)17-10-12-19(25)13-11-17/h3-14,24H,2,15H2,1H3,(H,26,29). The molecule has 1 fully saturated rings. The molecule has 3 aromatic rings. The summed E-state index contributed by atoms with van der Waals surface area (Å²) in [4.78, 5) is 27.2. The number of carbonyl (C=O) groups excluding carboxylic acids is 2. The molecule has 1 heterocycles. The summed E-state index contributed by atoms with van der Waals surface area (Å²) >= 11 is 7.50. The second-order valence-electron chi connectivity index (χ2n) is 7.00. The molecule has 0 bridgehead atoms. The van der Waals surface area contributed by atoms with Crippen LogP contribution in [0.5, 0.6) is 0 Å². The molecule has 2 amide bonds. The summed E-state index contributed by atoms with van der Waals surface area (Å²) in [5.41, 5.74) is 4.30. The van der Waals surface area contributed by atoms with E-state index < -0.39 is 0 Å². The second-order valence-corrected chi connectivity index (χ2v) is 8.50. The number of hydrogen-bond acceptors (Lipinski definition) is 3. The molecule has 0 spiro atoms. The lowest BCUT2D eigenvalue weighted by atomic mass is 10.1. The van der Waals surface area contributed by atoms with Gasteiger partial charge in [0.15, 0.2) is 0 Å². The third kappa shape index (κ3) is 4.23. The molecular formula is C24H21ClN2O2S. The van der Waals surface area contributed by atoms with Gasteiger partial charge in [-0.3, -0.25) is 14.5 Å². The van der Waals surface area contributed by atoms with Crippen LogP contribution in [0.25, 0.3) is 0 Å². The normalized spacial score (nSPS) is 16.0. The number of nitrogens with zero attached hydrogens (tertiary/aromatic N) is 1. The lowest BCUT2D eigenvalue weighted by molar-refractivity contribution is -0.115. The van der Waals surface area contributed by atoms with Crippen molar-refractivity contribution in [3.05, 3.63) is 94.5 Å². The van der Waals surface area contributed by atoms with Crippen LogP contribution in [0.2, 0.25) is 5.02 Å². The Balaban J connectivity index is 1.60. The first-order valence-electron chi connectivity index (χ1n) is 9.75. The number of benzene rings is 3. The van der Waals surface area contributed by atoms with Crippen LogP contribution >= 0.6 is 23.4 Å². The third-order valence-corrected chi connectivity index (χ3v) is 6.50. The molecule has 30 heavy (non-hydrogen) atoms. The Labute approximate surface area is 185 Å². The van der Waals surface area contributed by atoms with Gasteiger partial charge >= 0.3 is 0 Å². The highest BCUT2D eigenvalue weighted by atomic mass is 35.5. The van der Waals surface area contributed by atoms with E-state index in [0.29, 0.717) is 22.0 Å². The smallest absolute Gasteiger partial charge is 0.255 e. The van der Waals surface area contributed by atoms with E-state index in [9.17, 15) is 9.59 Å². The molecule has 0 aliphatic carbocycles. The topological polar surface area (TPSA) is 49.4 Å². The quantitative estimate of drug-likeness (QED) is 0.539. The highest BCUT2D eigenvalue weighted by Gasteiger charge is 2.35. The van der Waals surface area contributed by atoms with Crippen LogP contribution in [0, 0.1) is 0 Å². The number of anilines is 2. The minimum absolute atomic E-state index is 0.0986. The molecular weight excluding hydrogens is 416 g/mol. The summed E-state index contributed by atoms with van der Waals surface area (Å²) in [6, 6.07) is 22.5. The van der Waals surface area contributed by atoms with Crippen molar-refractivity contribution in [2.45, 2.75) is 18.7 Å². The van der Waals surface area contributed by atoms with Gasteiger partial charge in [0.2, 0.25) is 5.91 Å². The van der Waals surface area contributed by atoms with Crippen LogP contribution in [0.15, 0.2) is 72.8 Å². The summed E-state index contributed by atoms with van der Waals surface area (Å²) in [6.07, 6.45) is 0.856. The Kier molecular flexibility index (Phi) is 6.11. The zero-order valence-electron chi connectivity index (χ0n) is 16.5. The van der Waals surface area contributed by atoms with Gasteiger partial charge in [0.05, 0.1) is 5.75 Å². The molecule has 3 aromatic carbocycles. The Morgan fingerprint density at radius 2 is 1.87 bits per heavy atom. The fourth-order valence-corrected chi connectivity index (χ4v) is 4.84. The van der Waals surface area contributed by atoms with Crippen molar-refractivity contribution >= 4 is 46.6 Å². The van der Waals surface area contributed by atoms with E-state index in [1.165, 1.54) is 0 Å². The summed E-state index contributed by atoms with van der Waals surface area (Å²) in [7, 11) is 0. The predicted molar refractivity (Wildman–Crippen MR) is 124 cm³/mol. The van der Waals surface area contributed by atoms with Gasteiger partial charge in [-0.1, -0.05) is 48.9 Å². The highest BCUT2D eigenvalue weighted by molar-refractivity contribution is 8.00. The van der Waals surface area contributed by atoms with E-state index >= 15 is 0 Å². The van der Waals surface area contributed by atoms with E-state index in [0.717, 1.165) is 23.2 Å². The maximum absolute atomic E-state index is 12.7. The minimum atomic E-state index is -0.202. The molecule has 1 aliphatic rings. The number of aryl methyl sites for hydroxylation is 1. The number of thioether (sulfide) groups is 1. The van der Waals surface area contributed by atoms with Crippen molar-refractivity contribution in [1.82, 2.24) is 0 Å². The molecule has 1 aliphatic heterocycles. The molecule has 1 unspecified atom stereocenters. The van der Waals surface area contributed by atoms with E-state index in [2.05, 4.69) is 18.3 Å². The molecule has 0 aromatic heterocycles. The fraction of sp³-hybridized carbons (Fsp3) is 0.167. The van der Waals surface area contributed by atoms with Crippen LogP contribution in [0.3, 0.4) is 0 Å². The molecule has 1 atom stereocenters. The Bertz CT molecular complexity index is 1080. The molecule has 4 nitrogen and oxygen atoms in total. The van der Waals surface area contributed by atoms with Crippen molar-refractivity contribution in [3.63, 3.8) is 0 Å². The maximum atomic E-state index is 12.7. The largest absolute Gasteiger partial charge is 0.322 e. The van der Waals surface area contributed by atoms with E-state index in [1.807, 2.05) is 47.4 Å². The highest BCUT2D eigenvalue weighted by Crippen LogP contribution is 2.43. The van der Waals surface area contributed by atoms with Crippen molar-refractivity contribution in [2.75, 3.05) is 16.0 Å². The lowest BCUT2D eigenvalue weighted by Crippen LogP contribution is -2.28. The second kappa shape index (κ2) is 8.94. The number of hydrogen-bond donors (Lipinski definition) is 1. The SMILES string of the molecule is CCc1ccccc1N1C(=O)CSC1c1cccc(NC(=O)c2ccc(Cl)cc2)c1. The van der Waals surface area contributed by atoms with Gasteiger partial charge in [-0.15, -0.1) is 11.8 Å². The Hall–Kier alpha value is -2.76. The average Bonchev–Trinajstić information content (AvgIpc) is 3.15. The molecule has 4 rings (SSSR count). The van der Waals surface area contributed by atoms with Gasteiger partial charge in [-0.2, -0.15) is 0 Å². The molecule has 6 heteroatoms. The van der Waals surface area contributed by atoms with Gasteiger partial charge in [-0.05, 0) is 60.0 Å². The van der Waals surface area contributed by atoms with E-state index in [-0.39, 0.29) is 17.2 Å². The van der Waals surface area contributed by atoms with Crippen molar-refractivity contribution < 1.29 is 9.59 Å². The van der Waals surface area contributed by atoms with Crippen LogP contribution in [0.1, 0.15) is 33.8 Å².